The predicted octanol–water partition coefficient (Wildman–Crippen LogP) is 4.01. The maximum Gasteiger partial charge on any atom is 0.129 e. The largest absolute Gasteiger partial charge is 0.354 e. The minimum absolute atomic E-state index is 0.533. The van der Waals surface area contributed by atoms with Crippen molar-refractivity contribution in [3.8, 4) is 0 Å². The van der Waals surface area contributed by atoms with Crippen LogP contribution in [0.1, 0.15) is 59.2 Å². The highest BCUT2D eigenvalue weighted by Crippen LogP contribution is 2.19. The molecule has 1 aromatic rings. The van der Waals surface area contributed by atoms with Gasteiger partial charge < -0.3 is 10.2 Å². The van der Waals surface area contributed by atoms with E-state index >= 15 is 0 Å². The molecule has 0 saturated carbocycles. The molecule has 0 radical (unpaired) electrons. The summed E-state index contributed by atoms with van der Waals surface area (Å²) >= 11 is 0. The Balaban J connectivity index is 2.92. The minimum Gasteiger partial charge on any atom is -0.354 e. The smallest absolute Gasteiger partial charge is 0.129 e. The van der Waals surface area contributed by atoms with Gasteiger partial charge in [0.2, 0.25) is 0 Å². The lowest BCUT2D eigenvalue weighted by Gasteiger charge is -2.29. The zero-order valence-corrected chi connectivity index (χ0v) is 14.7. The van der Waals surface area contributed by atoms with Crippen molar-refractivity contribution in [2.24, 2.45) is 5.92 Å². The van der Waals surface area contributed by atoms with Crippen molar-refractivity contribution in [3.63, 3.8) is 0 Å². The van der Waals surface area contributed by atoms with Gasteiger partial charge in [-0.3, -0.25) is 0 Å². The molecule has 1 heterocycles. The summed E-state index contributed by atoms with van der Waals surface area (Å²) in [5.41, 5.74) is 2.54. The van der Waals surface area contributed by atoms with E-state index in [-0.39, 0.29) is 0 Å². The van der Waals surface area contributed by atoms with Crippen LogP contribution in [0.4, 0.5) is 5.82 Å². The highest BCUT2D eigenvalue weighted by Gasteiger charge is 2.14. The number of aromatic nitrogens is 1. The predicted molar refractivity (Wildman–Crippen MR) is 92.9 cm³/mol. The number of hydrogen-bond acceptors (Lipinski definition) is 3. The summed E-state index contributed by atoms with van der Waals surface area (Å²) in [6, 6.07) is 5.02. The number of pyridine rings is 1. The lowest BCUT2D eigenvalue weighted by Crippen LogP contribution is -2.33. The maximum absolute atomic E-state index is 4.83. The third-order valence-corrected chi connectivity index (χ3v) is 3.93. The van der Waals surface area contributed by atoms with Gasteiger partial charge in [-0.25, -0.2) is 4.98 Å². The van der Waals surface area contributed by atoms with Gasteiger partial charge in [-0.05, 0) is 56.8 Å². The van der Waals surface area contributed by atoms with Crippen LogP contribution < -0.4 is 10.2 Å². The Hall–Kier alpha value is -1.09. The molecule has 1 unspecified atom stereocenters. The molecule has 1 rings (SSSR count). The molecule has 3 nitrogen and oxygen atoms in total. The van der Waals surface area contributed by atoms with E-state index in [1.54, 1.807) is 0 Å². The van der Waals surface area contributed by atoms with Crippen LogP contribution in [0.25, 0.3) is 0 Å². The average molecular weight is 291 g/mol. The molecule has 3 heteroatoms. The van der Waals surface area contributed by atoms with Crippen LogP contribution in [0, 0.1) is 5.92 Å². The van der Waals surface area contributed by atoms with E-state index in [0.717, 1.165) is 38.3 Å². The molecule has 120 valence electrons. The molecule has 0 saturated heterocycles. The number of rotatable bonds is 9. The summed E-state index contributed by atoms with van der Waals surface area (Å²) in [7, 11) is 0. The van der Waals surface area contributed by atoms with E-state index in [4.69, 9.17) is 4.98 Å². The van der Waals surface area contributed by atoms with Crippen molar-refractivity contribution >= 4 is 5.82 Å². The monoisotopic (exact) mass is 291 g/mol. The molecule has 21 heavy (non-hydrogen) atoms. The van der Waals surface area contributed by atoms with Crippen molar-refractivity contribution in [1.29, 1.82) is 0 Å². The summed E-state index contributed by atoms with van der Waals surface area (Å²) < 4.78 is 0. The fourth-order valence-electron chi connectivity index (χ4n) is 2.49. The van der Waals surface area contributed by atoms with Gasteiger partial charge in [0.15, 0.2) is 0 Å². The van der Waals surface area contributed by atoms with Crippen molar-refractivity contribution < 1.29 is 0 Å². The Morgan fingerprint density at radius 2 is 1.86 bits per heavy atom. The van der Waals surface area contributed by atoms with Gasteiger partial charge in [0.1, 0.15) is 5.82 Å². The topological polar surface area (TPSA) is 28.2 Å². The maximum atomic E-state index is 4.83. The lowest BCUT2D eigenvalue weighted by atomic mass is 10.1. The fourth-order valence-corrected chi connectivity index (χ4v) is 2.49. The lowest BCUT2D eigenvalue weighted by molar-refractivity contribution is 0.551. The molecule has 0 bridgehead atoms. The molecule has 0 aliphatic carbocycles. The SMILES string of the molecule is CCc1cc(CNCC(C)C)cc(N(CC)C(C)CC)n1. The second-order valence-electron chi connectivity index (χ2n) is 6.25. The van der Waals surface area contributed by atoms with E-state index in [1.807, 2.05) is 0 Å². The number of nitrogens with zero attached hydrogens (tertiary/aromatic N) is 2. The molecule has 0 amide bonds. The zero-order valence-electron chi connectivity index (χ0n) is 14.7. The molecule has 0 aromatic carbocycles. The Kier molecular flexibility index (Phi) is 7.73. The quantitative estimate of drug-likeness (QED) is 0.745. The summed E-state index contributed by atoms with van der Waals surface area (Å²) in [6.07, 6.45) is 2.13. The third-order valence-electron chi connectivity index (χ3n) is 3.93. The van der Waals surface area contributed by atoms with Crippen molar-refractivity contribution in [3.05, 3.63) is 23.4 Å². The van der Waals surface area contributed by atoms with Gasteiger partial charge in [0.25, 0.3) is 0 Å². The van der Waals surface area contributed by atoms with Gasteiger partial charge in [0, 0.05) is 24.8 Å². The van der Waals surface area contributed by atoms with Crippen LogP contribution in [0.3, 0.4) is 0 Å². The molecule has 1 atom stereocenters. The molecule has 0 spiro atoms. The fraction of sp³-hybridized carbons (Fsp3) is 0.722. The molecule has 0 aliphatic rings. The van der Waals surface area contributed by atoms with Crippen LogP contribution >= 0.6 is 0 Å². The molecule has 1 aromatic heterocycles. The Morgan fingerprint density at radius 3 is 2.38 bits per heavy atom. The van der Waals surface area contributed by atoms with Crippen LogP contribution in [0.2, 0.25) is 0 Å². The molecular formula is C18H33N3. The minimum atomic E-state index is 0.533. The van der Waals surface area contributed by atoms with Gasteiger partial charge in [-0.2, -0.15) is 0 Å². The van der Waals surface area contributed by atoms with Crippen molar-refractivity contribution in [2.45, 2.75) is 67.0 Å². The first-order valence-corrected chi connectivity index (χ1v) is 8.48. The van der Waals surface area contributed by atoms with Crippen LogP contribution in [-0.4, -0.2) is 24.1 Å². The van der Waals surface area contributed by atoms with Gasteiger partial charge >= 0.3 is 0 Å². The van der Waals surface area contributed by atoms with E-state index in [1.165, 1.54) is 11.3 Å². The van der Waals surface area contributed by atoms with E-state index in [2.05, 4.69) is 63.9 Å². The van der Waals surface area contributed by atoms with Crippen molar-refractivity contribution in [2.75, 3.05) is 18.0 Å². The summed E-state index contributed by atoms with van der Waals surface area (Å²) in [4.78, 5) is 7.24. The Bertz CT molecular complexity index is 415. The normalized spacial score (nSPS) is 12.7. The third kappa shape index (κ3) is 5.66. The summed E-state index contributed by atoms with van der Waals surface area (Å²) in [5, 5.41) is 3.53. The standard InChI is InChI=1S/C18H33N3/c1-7-15(6)21(9-3)18-11-16(10-17(8-2)20-18)13-19-12-14(4)5/h10-11,14-15,19H,7-9,12-13H2,1-6H3. The number of anilines is 1. The van der Waals surface area contributed by atoms with Gasteiger partial charge in [-0.15, -0.1) is 0 Å². The molecular weight excluding hydrogens is 258 g/mol. The second-order valence-corrected chi connectivity index (χ2v) is 6.25. The first-order chi connectivity index (χ1) is 10.0. The van der Waals surface area contributed by atoms with E-state index in [9.17, 15) is 0 Å². The van der Waals surface area contributed by atoms with Crippen LogP contribution in [-0.2, 0) is 13.0 Å². The number of hydrogen-bond donors (Lipinski definition) is 1. The summed E-state index contributed by atoms with van der Waals surface area (Å²) in [6.45, 7) is 16.4. The van der Waals surface area contributed by atoms with Crippen molar-refractivity contribution in [1.82, 2.24) is 10.3 Å². The Morgan fingerprint density at radius 1 is 1.14 bits per heavy atom. The molecule has 0 fully saturated rings. The zero-order chi connectivity index (χ0) is 15.8. The van der Waals surface area contributed by atoms with E-state index < -0.39 is 0 Å². The second kappa shape index (κ2) is 9.04. The van der Waals surface area contributed by atoms with Gasteiger partial charge in [-0.1, -0.05) is 27.7 Å². The summed E-state index contributed by atoms with van der Waals surface area (Å²) in [5.74, 6) is 1.82. The van der Waals surface area contributed by atoms with Crippen LogP contribution in [0.5, 0.6) is 0 Å². The van der Waals surface area contributed by atoms with Crippen LogP contribution in [0.15, 0.2) is 12.1 Å². The van der Waals surface area contributed by atoms with E-state index in [0.29, 0.717) is 12.0 Å². The Labute approximate surface area is 131 Å². The first kappa shape index (κ1) is 18.0. The number of nitrogens with one attached hydrogen (secondary N) is 1. The number of aryl methyl sites for hydroxylation is 1. The average Bonchev–Trinajstić information content (AvgIpc) is 2.47. The first-order valence-electron chi connectivity index (χ1n) is 8.48. The van der Waals surface area contributed by atoms with Gasteiger partial charge in [0.05, 0.1) is 0 Å². The highest BCUT2D eigenvalue weighted by atomic mass is 15.2. The molecule has 1 N–H and O–H groups in total. The highest BCUT2D eigenvalue weighted by molar-refractivity contribution is 5.43. The molecule has 0 aliphatic heterocycles.